The van der Waals surface area contributed by atoms with Gasteiger partial charge >= 0.3 is 5.97 Å². The molecule has 0 amide bonds. The Labute approximate surface area is 132 Å². The molecule has 8 heteroatoms. The third kappa shape index (κ3) is 3.10. The zero-order valence-electron chi connectivity index (χ0n) is 12.7. The van der Waals surface area contributed by atoms with E-state index in [0.29, 0.717) is 12.5 Å². The van der Waals surface area contributed by atoms with Gasteiger partial charge in [-0.15, -0.1) is 0 Å². The molecule has 0 saturated carbocycles. The van der Waals surface area contributed by atoms with Crippen LogP contribution in [0.1, 0.15) is 41.8 Å². The van der Waals surface area contributed by atoms with Crippen LogP contribution >= 0.6 is 0 Å². The standard InChI is InChI=1S/C15H15N5O3/c1-3-22-15(21)13-9-23-14(19-13)10(2)12-5-4-11(8-16-12)20-17-6-7-18-20/h4-10H,3H2,1-2H3. The maximum atomic E-state index is 11.6. The van der Waals surface area contributed by atoms with Crippen LogP contribution in [0.4, 0.5) is 0 Å². The minimum absolute atomic E-state index is 0.158. The number of oxazole rings is 1. The average Bonchev–Trinajstić information content (AvgIpc) is 3.26. The van der Waals surface area contributed by atoms with Gasteiger partial charge in [-0.3, -0.25) is 4.98 Å². The Morgan fingerprint density at radius 3 is 2.78 bits per heavy atom. The van der Waals surface area contributed by atoms with Gasteiger partial charge < -0.3 is 9.15 Å². The Balaban J connectivity index is 1.78. The van der Waals surface area contributed by atoms with Gasteiger partial charge in [0.15, 0.2) is 5.69 Å². The monoisotopic (exact) mass is 313 g/mol. The van der Waals surface area contributed by atoms with Crippen molar-refractivity contribution in [2.45, 2.75) is 19.8 Å². The summed E-state index contributed by atoms with van der Waals surface area (Å²) in [6.07, 6.45) is 6.16. The van der Waals surface area contributed by atoms with E-state index in [4.69, 9.17) is 9.15 Å². The molecular formula is C15H15N5O3. The first-order valence-corrected chi connectivity index (χ1v) is 7.14. The molecule has 0 bridgehead atoms. The van der Waals surface area contributed by atoms with Crippen LogP contribution in [0.3, 0.4) is 0 Å². The Kier molecular flexibility index (Phi) is 4.13. The van der Waals surface area contributed by atoms with Gasteiger partial charge in [0.2, 0.25) is 5.89 Å². The molecule has 0 aliphatic heterocycles. The highest BCUT2D eigenvalue weighted by Gasteiger charge is 2.19. The van der Waals surface area contributed by atoms with Crippen molar-refractivity contribution in [3.05, 3.63) is 54.3 Å². The van der Waals surface area contributed by atoms with E-state index >= 15 is 0 Å². The maximum absolute atomic E-state index is 11.6. The molecule has 3 heterocycles. The van der Waals surface area contributed by atoms with Crippen LogP contribution in [0.5, 0.6) is 0 Å². The Bertz CT molecular complexity index is 780. The average molecular weight is 313 g/mol. The molecule has 0 N–H and O–H groups in total. The number of ether oxygens (including phenoxy) is 1. The summed E-state index contributed by atoms with van der Waals surface area (Å²) in [6, 6.07) is 3.70. The summed E-state index contributed by atoms with van der Waals surface area (Å²) in [5.41, 5.74) is 1.68. The number of rotatable bonds is 5. The molecule has 8 nitrogen and oxygen atoms in total. The lowest BCUT2D eigenvalue weighted by Gasteiger charge is -2.07. The molecule has 118 valence electrons. The summed E-state index contributed by atoms with van der Waals surface area (Å²) in [7, 11) is 0. The number of hydrogen-bond donors (Lipinski definition) is 0. The lowest BCUT2D eigenvalue weighted by atomic mass is 10.1. The molecule has 0 fully saturated rings. The summed E-state index contributed by atoms with van der Waals surface area (Å²) >= 11 is 0. The summed E-state index contributed by atoms with van der Waals surface area (Å²) in [5.74, 6) is -0.286. The zero-order valence-corrected chi connectivity index (χ0v) is 12.7. The van der Waals surface area contributed by atoms with Crippen LogP contribution in [0, 0.1) is 0 Å². The largest absolute Gasteiger partial charge is 0.461 e. The van der Waals surface area contributed by atoms with Crippen LogP contribution in [0.15, 0.2) is 41.4 Å². The van der Waals surface area contributed by atoms with E-state index in [2.05, 4.69) is 20.2 Å². The molecule has 0 aromatic carbocycles. The fourth-order valence-corrected chi connectivity index (χ4v) is 2.03. The minimum atomic E-state index is -0.497. The van der Waals surface area contributed by atoms with E-state index in [-0.39, 0.29) is 11.6 Å². The first kappa shape index (κ1) is 14.9. The van der Waals surface area contributed by atoms with Crippen molar-refractivity contribution >= 4 is 5.97 Å². The van der Waals surface area contributed by atoms with Crippen molar-refractivity contribution in [3.63, 3.8) is 0 Å². The molecule has 0 aliphatic rings. The second-order valence-electron chi connectivity index (χ2n) is 4.77. The quantitative estimate of drug-likeness (QED) is 0.664. The van der Waals surface area contributed by atoms with Gasteiger partial charge in [-0.05, 0) is 26.0 Å². The highest BCUT2D eigenvalue weighted by atomic mass is 16.5. The fourth-order valence-electron chi connectivity index (χ4n) is 2.03. The van der Waals surface area contributed by atoms with E-state index in [1.807, 2.05) is 19.1 Å². The van der Waals surface area contributed by atoms with Gasteiger partial charge in [-0.1, -0.05) is 0 Å². The van der Waals surface area contributed by atoms with Gasteiger partial charge in [0.25, 0.3) is 0 Å². The number of carbonyl (C=O) groups is 1. The van der Waals surface area contributed by atoms with E-state index in [0.717, 1.165) is 11.4 Å². The summed E-state index contributed by atoms with van der Waals surface area (Å²) < 4.78 is 10.3. The molecule has 0 saturated heterocycles. The molecule has 3 aromatic heterocycles. The number of esters is 1. The smallest absolute Gasteiger partial charge is 0.360 e. The fraction of sp³-hybridized carbons (Fsp3) is 0.267. The first-order chi connectivity index (χ1) is 11.2. The first-order valence-electron chi connectivity index (χ1n) is 7.14. The van der Waals surface area contributed by atoms with Crippen molar-refractivity contribution in [3.8, 4) is 5.69 Å². The third-order valence-electron chi connectivity index (χ3n) is 3.24. The Hall–Kier alpha value is -3.03. The Morgan fingerprint density at radius 2 is 2.13 bits per heavy atom. The molecular weight excluding hydrogens is 298 g/mol. The predicted molar refractivity (Wildman–Crippen MR) is 79.1 cm³/mol. The van der Waals surface area contributed by atoms with Crippen LogP contribution in [-0.2, 0) is 4.74 Å². The minimum Gasteiger partial charge on any atom is -0.461 e. The summed E-state index contributed by atoms with van der Waals surface area (Å²) in [5, 5.41) is 8.09. The second-order valence-corrected chi connectivity index (χ2v) is 4.77. The number of nitrogens with zero attached hydrogens (tertiary/aromatic N) is 5. The van der Waals surface area contributed by atoms with Crippen molar-refractivity contribution in [2.75, 3.05) is 6.61 Å². The number of aromatic nitrogens is 5. The Morgan fingerprint density at radius 1 is 1.35 bits per heavy atom. The van der Waals surface area contributed by atoms with Crippen molar-refractivity contribution in [1.29, 1.82) is 0 Å². The maximum Gasteiger partial charge on any atom is 0.360 e. The molecule has 3 rings (SSSR count). The third-order valence-corrected chi connectivity index (χ3v) is 3.24. The van der Waals surface area contributed by atoms with Crippen LogP contribution < -0.4 is 0 Å². The molecule has 0 spiro atoms. The summed E-state index contributed by atoms with van der Waals surface area (Å²) in [4.78, 5) is 21.6. The van der Waals surface area contributed by atoms with Crippen molar-refractivity contribution < 1.29 is 13.9 Å². The van der Waals surface area contributed by atoms with Crippen LogP contribution in [-0.4, -0.2) is 37.5 Å². The SMILES string of the molecule is CCOC(=O)c1coc(C(C)c2ccc(-n3nccn3)cn2)n1. The van der Waals surface area contributed by atoms with Crippen molar-refractivity contribution in [2.24, 2.45) is 0 Å². The molecule has 0 radical (unpaired) electrons. The second kappa shape index (κ2) is 6.39. The van der Waals surface area contributed by atoms with Gasteiger partial charge in [-0.2, -0.15) is 15.0 Å². The van der Waals surface area contributed by atoms with Gasteiger partial charge in [-0.25, -0.2) is 9.78 Å². The van der Waals surface area contributed by atoms with Gasteiger partial charge in [0.05, 0.1) is 36.8 Å². The van der Waals surface area contributed by atoms with Crippen LogP contribution in [0.25, 0.3) is 5.69 Å². The highest BCUT2D eigenvalue weighted by Crippen LogP contribution is 2.22. The predicted octanol–water partition coefficient (Wildman–Crippen LogP) is 1.98. The lowest BCUT2D eigenvalue weighted by molar-refractivity contribution is 0.0519. The van der Waals surface area contributed by atoms with E-state index in [9.17, 15) is 4.79 Å². The molecule has 1 atom stereocenters. The summed E-state index contributed by atoms with van der Waals surface area (Å²) in [6.45, 7) is 3.93. The van der Waals surface area contributed by atoms with Crippen LogP contribution in [0.2, 0.25) is 0 Å². The van der Waals surface area contributed by atoms with Crippen molar-refractivity contribution in [1.82, 2.24) is 25.0 Å². The molecule has 3 aromatic rings. The van der Waals surface area contributed by atoms with Gasteiger partial charge in [0.1, 0.15) is 12.0 Å². The molecule has 0 aliphatic carbocycles. The number of hydrogen-bond acceptors (Lipinski definition) is 7. The molecule has 23 heavy (non-hydrogen) atoms. The highest BCUT2D eigenvalue weighted by molar-refractivity contribution is 5.86. The van der Waals surface area contributed by atoms with E-state index < -0.39 is 5.97 Å². The lowest BCUT2D eigenvalue weighted by Crippen LogP contribution is -2.06. The van der Waals surface area contributed by atoms with E-state index in [1.165, 1.54) is 11.1 Å². The topological polar surface area (TPSA) is 95.9 Å². The van der Waals surface area contributed by atoms with Gasteiger partial charge in [0, 0.05) is 0 Å². The van der Waals surface area contributed by atoms with E-state index in [1.54, 1.807) is 25.5 Å². The normalized spacial score (nSPS) is 12.1. The zero-order chi connectivity index (χ0) is 16.2. The molecule has 1 unspecified atom stereocenters. The number of carbonyl (C=O) groups excluding carboxylic acids is 1. The number of pyridine rings is 1.